The van der Waals surface area contributed by atoms with E-state index in [1.54, 1.807) is 11.6 Å². The number of nitrogens with two attached hydrogens (primary N) is 1. The first-order valence-electron chi connectivity index (χ1n) is 31.9. The van der Waals surface area contributed by atoms with Crippen LogP contribution in [0.5, 0.6) is 11.5 Å². The number of carbonyl (C=O) groups excluding carboxylic acids is 1. The minimum atomic E-state index is -1.94. The minimum absolute atomic E-state index is 0.000916. The molecule has 1 aromatic rings. The molecule has 6 spiro atoms. The zero-order chi connectivity index (χ0) is 56.5. The van der Waals surface area contributed by atoms with Crippen LogP contribution in [0.15, 0.2) is 76.9 Å². The van der Waals surface area contributed by atoms with Gasteiger partial charge in [-0.15, -0.1) is 0 Å². The Hall–Kier alpha value is -4.16. The highest BCUT2D eigenvalue weighted by atomic mass is 33.1. The van der Waals surface area contributed by atoms with Gasteiger partial charge in [-0.1, -0.05) is 106 Å². The lowest BCUT2D eigenvalue weighted by atomic mass is 9.25. The number of phenols is 1. The van der Waals surface area contributed by atoms with E-state index in [2.05, 4.69) is 82.2 Å². The van der Waals surface area contributed by atoms with E-state index >= 15 is 0 Å². The van der Waals surface area contributed by atoms with E-state index in [9.17, 15) is 30.3 Å². The van der Waals surface area contributed by atoms with E-state index in [-0.39, 0.29) is 81.2 Å². The summed E-state index contributed by atoms with van der Waals surface area (Å²) >= 11 is 0. The number of aliphatic hydroxyl groups is 4. The summed E-state index contributed by atoms with van der Waals surface area (Å²) in [5.74, 6) is 17.5. The van der Waals surface area contributed by atoms with Crippen LogP contribution in [-0.4, -0.2) is 110 Å². The molecule has 0 radical (unpaired) electrons. The number of guanidine groups is 1. The van der Waals surface area contributed by atoms with Crippen molar-refractivity contribution in [2.24, 2.45) is 91.1 Å². The molecule has 4 aliphatic heterocycles. The number of aliphatic hydroxyl groups excluding tert-OH is 3. The molecule has 16 rings (SSSR count). The quantitative estimate of drug-likeness (QED) is 0.0455. The third-order valence-corrected chi connectivity index (χ3v) is 28.2. The van der Waals surface area contributed by atoms with Gasteiger partial charge in [0.1, 0.15) is 12.2 Å². The molecule has 5 saturated carbocycles. The molecule has 13 nitrogen and oxygen atoms in total. The molecule has 13 bridgehead atoms. The van der Waals surface area contributed by atoms with Crippen LogP contribution in [0.4, 0.5) is 0 Å². The summed E-state index contributed by atoms with van der Waals surface area (Å²) in [5.41, 5.74) is 9.39. The number of hydrogen-bond acceptors (Lipinski definition) is 15. The predicted octanol–water partition coefficient (Wildman–Crippen LogP) is 7.84. The van der Waals surface area contributed by atoms with Gasteiger partial charge in [0.05, 0.1) is 34.5 Å². The van der Waals surface area contributed by atoms with Crippen molar-refractivity contribution in [3.8, 4) is 35.2 Å². The van der Waals surface area contributed by atoms with Gasteiger partial charge in [-0.2, -0.15) is 0 Å². The van der Waals surface area contributed by atoms with Crippen LogP contribution in [0.2, 0.25) is 0 Å². The third-order valence-electron chi connectivity index (χ3n) is 25.5. The number of benzene rings is 1. The highest BCUT2D eigenvalue weighted by Gasteiger charge is 2.88. The summed E-state index contributed by atoms with van der Waals surface area (Å²) in [4.78, 5) is 19.1. The minimum Gasteiger partial charge on any atom is -0.504 e. The molecule has 22 atom stereocenters. The third kappa shape index (κ3) is 7.53. The first-order chi connectivity index (χ1) is 40.2. The molecule has 10 N–H and O–H groups in total. The van der Waals surface area contributed by atoms with E-state index in [1.165, 1.54) is 69.9 Å². The van der Waals surface area contributed by atoms with E-state index in [1.807, 2.05) is 27.7 Å². The topological polar surface area (TPSA) is 211 Å². The zero-order valence-electron chi connectivity index (χ0n) is 47.9. The number of fused-ring (bicyclic) bond motifs is 4. The first-order valence-corrected chi connectivity index (χ1v) is 34.3. The smallest absolute Gasteiger partial charge is 0.302 e. The monoisotopic (exact) mass is 1160 g/mol. The molecule has 0 amide bonds. The summed E-state index contributed by atoms with van der Waals surface area (Å²) in [6.07, 6.45) is 30.3. The summed E-state index contributed by atoms with van der Waals surface area (Å²) in [5, 5.41) is 71.4. The van der Waals surface area contributed by atoms with Crippen molar-refractivity contribution < 1.29 is 39.8 Å². The maximum Gasteiger partial charge on any atom is 0.302 e. The second kappa shape index (κ2) is 19.4. The van der Waals surface area contributed by atoms with Gasteiger partial charge in [0.2, 0.25) is 0 Å². The lowest BCUT2D eigenvalue weighted by Crippen LogP contribution is -2.84. The van der Waals surface area contributed by atoms with Crippen LogP contribution >= 0.6 is 21.6 Å². The molecule has 1 aromatic carbocycles. The molecule has 15 aliphatic rings. The molecule has 11 aliphatic carbocycles. The molecular weight excluding hydrogens is 1080 g/mol. The Morgan fingerprint density at radius 2 is 1.88 bits per heavy atom. The normalized spacial score (nSPS) is 49.0. The van der Waals surface area contributed by atoms with Crippen LogP contribution in [0, 0.1) is 104 Å². The molecule has 440 valence electrons. The highest BCUT2D eigenvalue weighted by Crippen LogP contribution is 2.90. The average molecular weight is 1160 g/mol. The van der Waals surface area contributed by atoms with Crippen LogP contribution < -0.4 is 26.4 Å². The van der Waals surface area contributed by atoms with Crippen molar-refractivity contribution >= 4 is 33.5 Å². The fourth-order valence-electron chi connectivity index (χ4n) is 23.1. The number of piperidine rings is 1. The Balaban J connectivity index is 0.923. The Bertz CT molecular complexity index is 3230. The van der Waals surface area contributed by atoms with Crippen molar-refractivity contribution in [3.63, 3.8) is 0 Å². The number of nitrogens with zero attached hydrogens (tertiary/aromatic N) is 1. The first kappa shape index (κ1) is 54.2. The van der Waals surface area contributed by atoms with Gasteiger partial charge in [0.25, 0.3) is 0 Å². The van der Waals surface area contributed by atoms with Crippen LogP contribution in [0.1, 0.15) is 133 Å². The number of phenolic OH excluding ortho intramolecular Hbond substituents is 1. The number of rotatable bonds is 2. The van der Waals surface area contributed by atoms with E-state index < -0.39 is 64.9 Å². The average Bonchev–Trinajstić information content (AvgIpc) is 1.55. The van der Waals surface area contributed by atoms with Gasteiger partial charge in [-0.05, 0) is 167 Å². The van der Waals surface area contributed by atoms with Crippen LogP contribution in [0.25, 0.3) is 0 Å². The van der Waals surface area contributed by atoms with E-state index in [0.29, 0.717) is 99.3 Å². The molecule has 4 heterocycles. The number of ether oxygens (including phenoxy) is 2. The zero-order valence-corrected chi connectivity index (χ0v) is 49.5. The lowest BCUT2D eigenvalue weighted by Gasteiger charge is -2.80. The fraction of sp³-hybridized carbons (Fsp3) is 0.676. The molecule has 1 saturated heterocycles. The number of nitrogens with one attached hydrogen (secondary N) is 3. The second-order valence-electron chi connectivity index (χ2n) is 28.8. The Labute approximate surface area is 496 Å². The SMILES string of the molecule is CC(=O)O[C@H]1C[C@@H](O)CC[C@@]23C#C[C@@H]4C[C@H]5C#C[C@H](CNC[C@]6(C5)C[C@H](CCN6)Oc5cc(c(C(O)O)cc5O)C[C@@H]41)SSC[C@]1(NC(N)=N[C@H]2C=CC[C@H]3O)[C@@H]2C3=C[C@H]4CCC[C@]45CC[C@@H]4C=C6CC[C@@H]7CC[C@]8(C=C3)C=C[C@H]([C@@H]6[C@]781)[C@@]245. The molecule has 0 unspecified atom stereocenters. The predicted molar refractivity (Wildman–Crippen MR) is 321 cm³/mol. The van der Waals surface area contributed by atoms with Gasteiger partial charge >= 0.3 is 5.97 Å². The number of carbonyl (C=O) groups is 1. The number of allylic oxidation sites excluding steroid dienone is 7. The van der Waals surface area contributed by atoms with E-state index in [4.69, 9.17) is 20.2 Å². The van der Waals surface area contributed by atoms with Gasteiger partial charge < -0.3 is 56.7 Å². The van der Waals surface area contributed by atoms with Crippen molar-refractivity contribution in [2.75, 3.05) is 25.4 Å². The maximum atomic E-state index is 13.4. The standard InChI is InChI=1S/C68H83N5O8S2/c1-38(74)80-54-31-47(75)15-23-64-22-12-40-26-39-7-10-49(35-70-36-63(33-39)34-48(17-25-71-63)81-55-30-43(29-50(40)54)51(60(78)79)32-53(55)76)83-82-37-66(73-61(69)72-56(64)5-2-6-57(64)77)59-42-11-19-62-20-13-44-9-8-41-27-46-14-24-65(18-3-4-45(65)28-42)67(46,59)52(16-21-62)58(41)68(44,62)66/h2,5,11,16,19,21,27-28,30,32,39-40,44-50,52,54,56-60,70-71,75-79H,3-4,6,8-9,13-15,17-18,20,23-26,29,31,33-37H2,1H3,(H3,69,72,73)/t39-,40-,44-,45-,46-,47+,48+,49-,50+,52-,54+,56+,57-,58-,59+,62-,63+,64+,65+,66+,67-,68-/m1/s1. The summed E-state index contributed by atoms with van der Waals surface area (Å²) in [7, 11) is 3.92. The van der Waals surface area contributed by atoms with Gasteiger partial charge in [0, 0.05) is 84.2 Å². The van der Waals surface area contributed by atoms with Crippen LogP contribution in [-0.2, 0) is 16.0 Å². The molecular formula is C68H83N5O8S2. The largest absolute Gasteiger partial charge is 0.504 e. The molecule has 6 fully saturated rings. The maximum absolute atomic E-state index is 13.4. The van der Waals surface area contributed by atoms with Gasteiger partial charge in [-0.25, -0.2) is 4.99 Å². The Kier molecular flexibility index (Phi) is 12.7. The number of aromatic hydroxyl groups is 1. The van der Waals surface area contributed by atoms with Gasteiger partial charge in [-0.3, -0.25) is 4.79 Å². The molecule has 83 heavy (non-hydrogen) atoms. The fourth-order valence-corrected chi connectivity index (χ4v) is 25.9. The molecule has 0 aromatic heterocycles. The Morgan fingerprint density at radius 3 is 2.76 bits per heavy atom. The summed E-state index contributed by atoms with van der Waals surface area (Å²) in [6, 6.07) is 2.41. The van der Waals surface area contributed by atoms with Crippen molar-refractivity contribution in [2.45, 2.75) is 176 Å². The highest BCUT2D eigenvalue weighted by molar-refractivity contribution is 8.77. The second-order valence-corrected chi connectivity index (χ2v) is 31.4. The van der Waals surface area contributed by atoms with Crippen LogP contribution in [0.3, 0.4) is 0 Å². The summed E-state index contributed by atoms with van der Waals surface area (Å²) in [6.45, 7) is 3.39. The van der Waals surface area contributed by atoms with E-state index in [0.717, 1.165) is 12.2 Å². The number of esters is 1. The van der Waals surface area contributed by atoms with Crippen molar-refractivity contribution in [1.82, 2.24) is 16.0 Å². The van der Waals surface area contributed by atoms with Crippen molar-refractivity contribution in [1.29, 1.82) is 0 Å². The number of aliphatic imine (C=N–C) groups is 1. The summed E-state index contributed by atoms with van der Waals surface area (Å²) < 4.78 is 13.2. The number of hydrogen-bond donors (Lipinski definition) is 9. The molecule has 15 heteroatoms. The lowest BCUT2D eigenvalue weighted by molar-refractivity contribution is -0.238. The van der Waals surface area contributed by atoms with Crippen molar-refractivity contribution in [3.05, 3.63) is 83.0 Å². The Morgan fingerprint density at radius 1 is 0.976 bits per heavy atom. The van der Waals surface area contributed by atoms with Gasteiger partial charge in [0.15, 0.2) is 23.7 Å².